The first-order valence-corrected chi connectivity index (χ1v) is 9.61. The van der Waals surface area contributed by atoms with Crippen LogP contribution in [0.1, 0.15) is 39.9 Å². The molecule has 0 spiro atoms. The smallest absolute Gasteiger partial charge is 0.410 e. The zero-order valence-electron chi connectivity index (χ0n) is 14.8. The number of rotatable bonds is 6. The van der Waals surface area contributed by atoms with Gasteiger partial charge >= 0.3 is 6.09 Å². The molecule has 3 rings (SSSR count). The molecule has 1 aliphatic rings. The fourth-order valence-corrected chi connectivity index (χ4v) is 3.88. The van der Waals surface area contributed by atoms with E-state index in [0.717, 1.165) is 23.5 Å². The first kappa shape index (κ1) is 18.9. The van der Waals surface area contributed by atoms with E-state index in [1.54, 1.807) is 22.8 Å². The number of hydrogen-bond acceptors (Lipinski definition) is 6. The molecule has 2 N–H and O–H groups in total. The number of nitrogens with one attached hydrogen (secondary N) is 2. The van der Waals surface area contributed by atoms with Crippen molar-refractivity contribution in [1.29, 1.82) is 0 Å². The van der Waals surface area contributed by atoms with Crippen LogP contribution in [-0.2, 0) is 11.2 Å². The van der Waals surface area contributed by atoms with Crippen molar-refractivity contribution in [1.82, 2.24) is 25.2 Å². The molecule has 0 radical (unpaired) electrons. The van der Waals surface area contributed by atoms with Crippen LogP contribution in [0.4, 0.5) is 4.79 Å². The molecule has 0 atom stereocenters. The number of carbonyl (C=O) groups excluding carboxylic acids is 2. The lowest BCUT2D eigenvalue weighted by Crippen LogP contribution is -2.38. The molecule has 2 aromatic heterocycles. The monoisotopic (exact) mass is 387 g/mol. The third-order valence-corrected chi connectivity index (χ3v) is 5.38. The summed E-state index contributed by atoms with van der Waals surface area (Å²) in [7, 11) is 0. The van der Waals surface area contributed by atoms with E-state index in [0.29, 0.717) is 31.7 Å². The molecule has 0 unspecified atom stereocenters. The maximum Gasteiger partial charge on any atom is 0.410 e. The van der Waals surface area contributed by atoms with Crippen molar-refractivity contribution in [3.8, 4) is 12.3 Å². The number of ether oxygens (including phenoxy) is 1. The summed E-state index contributed by atoms with van der Waals surface area (Å²) in [6.45, 7) is 1.70. The van der Waals surface area contributed by atoms with Crippen molar-refractivity contribution in [2.24, 2.45) is 0 Å². The Kier molecular flexibility index (Phi) is 6.44. The van der Waals surface area contributed by atoms with Gasteiger partial charge in [-0.15, -0.1) is 17.8 Å². The molecule has 1 saturated heterocycles. The number of imidazole rings is 1. The zero-order chi connectivity index (χ0) is 19.1. The Morgan fingerprint density at radius 1 is 1.44 bits per heavy atom. The molecule has 8 nitrogen and oxygen atoms in total. The number of thiazole rings is 1. The van der Waals surface area contributed by atoms with Crippen LogP contribution in [0.15, 0.2) is 17.9 Å². The number of piperidine rings is 1. The molecule has 0 aromatic carbocycles. The Labute approximate surface area is 161 Å². The van der Waals surface area contributed by atoms with E-state index >= 15 is 0 Å². The molecule has 2 aromatic rings. The van der Waals surface area contributed by atoms with Crippen molar-refractivity contribution in [2.75, 3.05) is 26.2 Å². The normalized spacial score (nSPS) is 14.6. The maximum atomic E-state index is 12.2. The average Bonchev–Trinajstić information content (AvgIpc) is 3.38. The highest BCUT2D eigenvalue weighted by Gasteiger charge is 2.27. The van der Waals surface area contributed by atoms with Crippen molar-refractivity contribution in [3.05, 3.63) is 34.3 Å². The summed E-state index contributed by atoms with van der Waals surface area (Å²) in [6, 6.07) is 0. The summed E-state index contributed by atoms with van der Waals surface area (Å²) in [5, 5.41) is 5.59. The molecule has 0 saturated carbocycles. The number of amides is 2. The van der Waals surface area contributed by atoms with Gasteiger partial charge < -0.3 is 19.9 Å². The van der Waals surface area contributed by atoms with E-state index in [1.807, 2.05) is 0 Å². The SMILES string of the molecule is C#CCOC(=O)N1CCC(c2nc(C(=O)NCCc3cnc[nH]3)cs2)CC1. The standard InChI is InChI=1S/C18H21N5O3S/c1-2-9-26-18(25)23-7-4-13(5-8-23)17-22-15(11-27-17)16(24)20-6-3-14-10-19-12-21-14/h1,10-13H,3-9H2,(H,19,21)(H,20,24). The number of likely N-dealkylation sites (tertiary alicyclic amines) is 1. The lowest BCUT2D eigenvalue weighted by molar-refractivity contribution is 0.0949. The van der Waals surface area contributed by atoms with Gasteiger partial charge in [0.2, 0.25) is 0 Å². The Hall–Kier alpha value is -2.86. The lowest BCUT2D eigenvalue weighted by Gasteiger charge is -2.30. The molecule has 1 aliphatic heterocycles. The van der Waals surface area contributed by atoms with Gasteiger partial charge in [0, 0.05) is 49.2 Å². The predicted octanol–water partition coefficient (Wildman–Crippen LogP) is 1.79. The van der Waals surface area contributed by atoms with Crippen molar-refractivity contribution < 1.29 is 14.3 Å². The number of nitrogens with zero attached hydrogens (tertiary/aromatic N) is 3. The van der Waals surface area contributed by atoms with Crippen LogP contribution in [-0.4, -0.2) is 58.1 Å². The largest absolute Gasteiger partial charge is 0.436 e. The Morgan fingerprint density at radius 3 is 2.96 bits per heavy atom. The minimum atomic E-state index is -0.372. The van der Waals surface area contributed by atoms with E-state index in [-0.39, 0.29) is 24.5 Å². The predicted molar refractivity (Wildman–Crippen MR) is 100 cm³/mol. The molecule has 27 heavy (non-hydrogen) atoms. The second-order valence-corrected chi connectivity index (χ2v) is 7.06. The number of aromatic amines is 1. The third kappa shape index (κ3) is 5.08. The van der Waals surface area contributed by atoms with E-state index in [9.17, 15) is 9.59 Å². The molecule has 0 bridgehead atoms. The Bertz CT molecular complexity index is 803. The highest BCUT2D eigenvalue weighted by atomic mass is 32.1. The van der Waals surface area contributed by atoms with Gasteiger partial charge in [-0.05, 0) is 12.8 Å². The molecule has 0 aliphatic carbocycles. The van der Waals surface area contributed by atoms with Gasteiger partial charge in [-0.2, -0.15) is 0 Å². The molecule has 1 fully saturated rings. The lowest BCUT2D eigenvalue weighted by atomic mass is 9.98. The van der Waals surface area contributed by atoms with Crippen LogP contribution in [0.3, 0.4) is 0 Å². The minimum absolute atomic E-state index is 0.00984. The van der Waals surface area contributed by atoms with E-state index in [1.165, 1.54) is 11.3 Å². The van der Waals surface area contributed by atoms with E-state index in [2.05, 4.69) is 26.2 Å². The summed E-state index contributed by atoms with van der Waals surface area (Å²) >= 11 is 1.49. The topological polar surface area (TPSA) is 100 Å². The van der Waals surface area contributed by atoms with Gasteiger partial charge in [0.05, 0.1) is 11.3 Å². The second-order valence-electron chi connectivity index (χ2n) is 6.17. The summed E-state index contributed by atoms with van der Waals surface area (Å²) in [5.41, 5.74) is 1.41. The molecule has 142 valence electrons. The number of carbonyl (C=O) groups is 2. The van der Waals surface area contributed by atoms with Crippen LogP contribution in [0, 0.1) is 12.3 Å². The summed E-state index contributed by atoms with van der Waals surface area (Å²) in [4.78, 5) is 37.1. The average molecular weight is 387 g/mol. The number of terminal acetylenes is 1. The zero-order valence-corrected chi connectivity index (χ0v) is 15.6. The minimum Gasteiger partial charge on any atom is -0.436 e. The molecule has 9 heteroatoms. The van der Waals surface area contributed by atoms with Crippen molar-refractivity contribution in [3.63, 3.8) is 0 Å². The Balaban J connectivity index is 1.46. The molecular weight excluding hydrogens is 366 g/mol. The number of hydrogen-bond donors (Lipinski definition) is 2. The van der Waals surface area contributed by atoms with Gasteiger partial charge in [0.25, 0.3) is 5.91 Å². The van der Waals surface area contributed by atoms with Gasteiger partial charge in [-0.25, -0.2) is 14.8 Å². The van der Waals surface area contributed by atoms with Crippen LogP contribution in [0.2, 0.25) is 0 Å². The van der Waals surface area contributed by atoms with Gasteiger partial charge in [0.15, 0.2) is 6.61 Å². The maximum absolute atomic E-state index is 12.2. The first-order chi connectivity index (χ1) is 13.2. The van der Waals surface area contributed by atoms with E-state index in [4.69, 9.17) is 11.2 Å². The highest BCUT2D eigenvalue weighted by Crippen LogP contribution is 2.30. The van der Waals surface area contributed by atoms with Gasteiger partial charge in [-0.1, -0.05) is 5.92 Å². The first-order valence-electron chi connectivity index (χ1n) is 8.73. The molecule has 2 amide bonds. The van der Waals surface area contributed by atoms with Crippen molar-refractivity contribution in [2.45, 2.75) is 25.2 Å². The summed E-state index contributed by atoms with van der Waals surface area (Å²) < 4.78 is 4.95. The Morgan fingerprint density at radius 2 is 2.26 bits per heavy atom. The quantitative estimate of drug-likeness (QED) is 0.736. The number of H-pyrrole nitrogens is 1. The van der Waals surface area contributed by atoms with Gasteiger partial charge in [0.1, 0.15) is 5.69 Å². The summed E-state index contributed by atoms with van der Waals surface area (Å²) in [5.74, 6) is 2.36. The van der Waals surface area contributed by atoms with Gasteiger partial charge in [-0.3, -0.25) is 4.79 Å². The van der Waals surface area contributed by atoms with Crippen LogP contribution < -0.4 is 5.32 Å². The number of aromatic nitrogens is 3. The summed E-state index contributed by atoms with van der Waals surface area (Å²) in [6.07, 6.45) is 10.4. The molecular formula is C18H21N5O3S. The fourth-order valence-electron chi connectivity index (χ4n) is 2.91. The fraction of sp³-hybridized carbons (Fsp3) is 0.444. The second kappa shape index (κ2) is 9.19. The van der Waals surface area contributed by atoms with E-state index < -0.39 is 0 Å². The molecule has 3 heterocycles. The van der Waals surface area contributed by atoms with Crippen molar-refractivity contribution >= 4 is 23.3 Å². The highest BCUT2D eigenvalue weighted by molar-refractivity contribution is 7.09. The van der Waals surface area contributed by atoms with Crippen LogP contribution >= 0.6 is 11.3 Å². The third-order valence-electron chi connectivity index (χ3n) is 4.37. The van der Waals surface area contributed by atoms with Crippen LogP contribution in [0.25, 0.3) is 0 Å². The van der Waals surface area contributed by atoms with Crippen LogP contribution in [0.5, 0.6) is 0 Å².